The van der Waals surface area contributed by atoms with E-state index in [-0.39, 0.29) is 23.3 Å². The van der Waals surface area contributed by atoms with E-state index in [2.05, 4.69) is 31.2 Å². The van der Waals surface area contributed by atoms with Crippen molar-refractivity contribution in [3.05, 3.63) is 17.0 Å². The quantitative estimate of drug-likeness (QED) is 0.869. The maximum Gasteiger partial charge on any atom is 0.223 e. The maximum atomic E-state index is 12.5. The molecule has 24 heavy (non-hydrogen) atoms. The molecule has 0 unspecified atom stereocenters. The topological polar surface area (TPSA) is 56.2 Å². The molecule has 0 radical (unpaired) electrons. The van der Waals surface area contributed by atoms with Crippen LogP contribution >= 0.6 is 0 Å². The van der Waals surface area contributed by atoms with Crippen LogP contribution in [0.25, 0.3) is 0 Å². The molecule has 5 heteroatoms. The molecule has 0 aromatic carbocycles. The Bertz CT molecular complexity index is 571. The smallest absolute Gasteiger partial charge is 0.223 e. The average Bonchev–Trinajstić information content (AvgIpc) is 2.79. The normalized spacial score (nSPS) is 20.0. The highest BCUT2D eigenvalue weighted by atomic mass is 16.5. The molecule has 0 aliphatic carbocycles. The van der Waals surface area contributed by atoms with Crippen LogP contribution in [-0.4, -0.2) is 34.9 Å². The molecule has 2 heterocycles. The first kappa shape index (κ1) is 19.0. The van der Waals surface area contributed by atoms with Gasteiger partial charge in [0.1, 0.15) is 0 Å². The molecule has 2 rings (SSSR count). The standard InChI is InChI=1S/C19H33N3O2/c1-13(11-16-14(2)21-22(6)15(16)3)18(23)20-12-19(4,5)17-9-7-8-10-24-17/h13,17H,7-12H2,1-6H3,(H,20,23)/t13-,17-/m0/s1. The molecule has 1 aromatic heterocycles. The number of ether oxygens (including phenoxy) is 1. The second-order valence-electron chi connectivity index (χ2n) is 7.94. The number of aromatic nitrogens is 2. The van der Waals surface area contributed by atoms with Crippen molar-refractivity contribution in [2.45, 2.75) is 66.4 Å². The van der Waals surface area contributed by atoms with Crippen LogP contribution in [0.15, 0.2) is 0 Å². The second-order valence-corrected chi connectivity index (χ2v) is 7.94. The molecular weight excluding hydrogens is 302 g/mol. The lowest BCUT2D eigenvalue weighted by Gasteiger charge is -2.37. The molecule has 2 atom stereocenters. The summed E-state index contributed by atoms with van der Waals surface area (Å²) >= 11 is 0. The molecule has 1 aromatic rings. The molecule has 0 bridgehead atoms. The van der Waals surface area contributed by atoms with Gasteiger partial charge in [-0.2, -0.15) is 5.10 Å². The van der Waals surface area contributed by atoms with E-state index in [1.165, 1.54) is 12.0 Å². The molecular formula is C19H33N3O2. The van der Waals surface area contributed by atoms with Gasteiger partial charge in [-0.15, -0.1) is 0 Å². The summed E-state index contributed by atoms with van der Waals surface area (Å²) in [5, 5.41) is 7.58. The third-order valence-electron chi connectivity index (χ3n) is 5.39. The molecule has 1 fully saturated rings. The zero-order valence-corrected chi connectivity index (χ0v) is 16.1. The van der Waals surface area contributed by atoms with Gasteiger partial charge >= 0.3 is 0 Å². The lowest BCUT2D eigenvalue weighted by atomic mass is 9.82. The third-order valence-corrected chi connectivity index (χ3v) is 5.39. The van der Waals surface area contributed by atoms with Gasteiger partial charge in [0.25, 0.3) is 0 Å². The van der Waals surface area contributed by atoms with Crippen LogP contribution in [0.1, 0.15) is 57.0 Å². The molecule has 1 aliphatic heterocycles. The summed E-state index contributed by atoms with van der Waals surface area (Å²) in [4.78, 5) is 12.5. The highest BCUT2D eigenvalue weighted by Gasteiger charge is 2.32. The van der Waals surface area contributed by atoms with E-state index in [4.69, 9.17) is 4.74 Å². The van der Waals surface area contributed by atoms with Gasteiger partial charge in [0, 0.05) is 37.2 Å². The van der Waals surface area contributed by atoms with Gasteiger partial charge < -0.3 is 10.1 Å². The zero-order chi connectivity index (χ0) is 17.9. The molecule has 5 nitrogen and oxygen atoms in total. The van der Waals surface area contributed by atoms with Crippen molar-refractivity contribution in [1.82, 2.24) is 15.1 Å². The van der Waals surface area contributed by atoms with Crippen molar-refractivity contribution >= 4 is 5.91 Å². The molecule has 1 aliphatic rings. The van der Waals surface area contributed by atoms with Gasteiger partial charge in [0.15, 0.2) is 0 Å². The molecule has 1 saturated heterocycles. The Morgan fingerprint density at radius 2 is 2.12 bits per heavy atom. The van der Waals surface area contributed by atoms with E-state index < -0.39 is 0 Å². The first-order chi connectivity index (χ1) is 11.2. The van der Waals surface area contributed by atoms with Crippen LogP contribution in [0.5, 0.6) is 0 Å². The van der Waals surface area contributed by atoms with E-state index in [9.17, 15) is 4.79 Å². The van der Waals surface area contributed by atoms with Crippen LogP contribution < -0.4 is 5.32 Å². The first-order valence-corrected chi connectivity index (χ1v) is 9.10. The SMILES string of the molecule is Cc1nn(C)c(C)c1C[C@H](C)C(=O)NCC(C)(C)[C@@H]1CCCCO1. The second kappa shape index (κ2) is 7.68. The number of aryl methyl sites for hydroxylation is 2. The number of carbonyl (C=O) groups excluding carboxylic acids is 1. The Hall–Kier alpha value is -1.36. The first-order valence-electron chi connectivity index (χ1n) is 9.10. The molecule has 0 saturated carbocycles. The molecule has 1 N–H and O–H groups in total. The van der Waals surface area contributed by atoms with Crippen molar-refractivity contribution in [1.29, 1.82) is 0 Å². The van der Waals surface area contributed by atoms with Gasteiger partial charge in [-0.05, 0) is 45.1 Å². The van der Waals surface area contributed by atoms with Crippen molar-refractivity contribution < 1.29 is 9.53 Å². The monoisotopic (exact) mass is 335 g/mol. The van der Waals surface area contributed by atoms with Gasteiger partial charge in [-0.1, -0.05) is 20.8 Å². The highest BCUT2D eigenvalue weighted by molar-refractivity contribution is 5.78. The van der Waals surface area contributed by atoms with Crippen LogP contribution in [0.2, 0.25) is 0 Å². The van der Waals surface area contributed by atoms with E-state index in [0.29, 0.717) is 6.54 Å². The lowest BCUT2D eigenvalue weighted by molar-refractivity contribution is -0.125. The van der Waals surface area contributed by atoms with Crippen LogP contribution in [0.4, 0.5) is 0 Å². The Kier molecular flexibility index (Phi) is 6.07. The zero-order valence-electron chi connectivity index (χ0n) is 16.1. The summed E-state index contributed by atoms with van der Waals surface area (Å²) in [5.74, 6) is 0.0520. The Balaban J connectivity index is 1.89. The summed E-state index contributed by atoms with van der Waals surface area (Å²) in [6.45, 7) is 11.9. The fraction of sp³-hybridized carbons (Fsp3) is 0.789. The Morgan fingerprint density at radius 3 is 2.67 bits per heavy atom. The fourth-order valence-electron chi connectivity index (χ4n) is 3.47. The number of carbonyl (C=O) groups is 1. The Labute approximate surface area is 146 Å². The third kappa shape index (κ3) is 4.38. The van der Waals surface area contributed by atoms with Gasteiger partial charge in [0.05, 0.1) is 11.8 Å². The van der Waals surface area contributed by atoms with Gasteiger partial charge in [0.2, 0.25) is 5.91 Å². The van der Waals surface area contributed by atoms with E-state index in [1.807, 2.05) is 25.6 Å². The maximum absolute atomic E-state index is 12.5. The predicted molar refractivity (Wildman–Crippen MR) is 95.9 cm³/mol. The molecule has 136 valence electrons. The van der Waals surface area contributed by atoms with Crippen molar-refractivity contribution in [3.63, 3.8) is 0 Å². The summed E-state index contributed by atoms with van der Waals surface area (Å²) in [6, 6.07) is 0. The number of hydrogen-bond donors (Lipinski definition) is 1. The highest BCUT2D eigenvalue weighted by Crippen LogP contribution is 2.29. The summed E-state index contributed by atoms with van der Waals surface area (Å²) in [7, 11) is 1.95. The average molecular weight is 335 g/mol. The van der Waals surface area contributed by atoms with Gasteiger partial charge in [-0.3, -0.25) is 9.48 Å². The van der Waals surface area contributed by atoms with E-state index in [1.54, 1.807) is 0 Å². The van der Waals surface area contributed by atoms with Crippen LogP contribution in [0, 0.1) is 25.2 Å². The minimum Gasteiger partial charge on any atom is -0.378 e. The molecule has 1 amide bonds. The minimum absolute atomic E-state index is 0.0318. The van der Waals surface area contributed by atoms with E-state index >= 15 is 0 Å². The van der Waals surface area contributed by atoms with Crippen molar-refractivity contribution in [2.24, 2.45) is 18.4 Å². The van der Waals surface area contributed by atoms with Gasteiger partial charge in [-0.25, -0.2) is 0 Å². The van der Waals surface area contributed by atoms with Crippen LogP contribution in [0.3, 0.4) is 0 Å². The minimum atomic E-state index is -0.0605. The summed E-state index contributed by atoms with van der Waals surface area (Å²) in [5.41, 5.74) is 3.32. The number of nitrogens with one attached hydrogen (secondary N) is 1. The summed E-state index contributed by atoms with van der Waals surface area (Å²) < 4.78 is 7.79. The van der Waals surface area contributed by atoms with E-state index in [0.717, 1.165) is 37.3 Å². The molecule has 0 spiro atoms. The predicted octanol–water partition coefficient (Wildman–Crippen LogP) is 2.93. The van der Waals surface area contributed by atoms with Crippen molar-refractivity contribution in [2.75, 3.05) is 13.2 Å². The van der Waals surface area contributed by atoms with Crippen molar-refractivity contribution in [3.8, 4) is 0 Å². The fourth-order valence-corrected chi connectivity index (χ4v) is 3.47. The number of nitrogens with zero attached hydrogens (tertiary/aromatic N) is 2. The largest absolute Gasteiger partial charge is 0.378 e. The number of amides is 1. The van der Waals surface area contributed by atoms with Crippen LogP contribution in [-0.2, 0) is 23.0 Å². The summed E-state index contributed by atoms with van der Waals surface area (Å²) in [6.07, 6.45) is 4.44. The lowest BCUT2D eigenvalue weighted by Crippen LogP contribution is -2.45. The number of rotatable bonds is 6. The number of hydrogen-bond acceptors (Lipinski definition) is 3. The Morgan fingerprint density at radius 1 is 1.42 bits per heavy atom.